The maximum Gasteiger partial charge on any atom is 0.0635 e. The molecular formula is C3H9N2O2-. The van der Waals surface area contributed by atoms with Gasteiger partial charge in [-0.1, -0.05) is 0 Å². The minimum Gasteiger partial charge on any atom is -0.784 e. The van der Waals surface area contributed by atoms with Gasteiger partial charge in [-0.15, -0.1) is 0 Å². The van der Waals surface area contributed by atoms with E-state index in [1.807, 2.05) is 0 Å². The highest BCUT2D eigenvalue weighted by molar-refractivity contribution is 4.39. The fourth-order valence-corrected chi connectivity index (χ4v) is 0.288. The van der Waals surface area contributed by atoms with Crippen LogP contribution in [0.2, 0.25) is 0 Å². The number of rotatable bonds is 2. The molecule has 0 bridgehead atoms. The van der Waals surface area contributed by atoms with Gasteiger partial charge in [0.1, 0.15) is 0 Å². The van der Waals surface area contributed by atoms with Crippen molar-refractivity contribution in [1.29, 1.82) is 0 Å². The Kier molecular flexibility index (Phi) is 2.86. The summed E-state index contributed by atoms with van der Waals surface area (Å²) in [6.45, 7) is 0.0278. The van der Waals surface area contributed by atoms with E-state index < -0.39 is 0 Å². The molecule has 0 aromatic carbocycles. The molecule has 0 saturated heterocycles. The van der Waals surface area contributed by atoms with Crippen molar-refractivity contribution in [1.82, 2.24) is 10.1 Å². The molecule has 0 radical (unpaired) electrons. The van der Waals surface area contributed by atoms with Crippen molar-refractivity contribution in [2.75, 3.05) is 20.8 Å². The lowest BCUT2D eigenvalue weighted by atomic mass is 11.0. The summed E-state index contributed by atoms with van der Waals surface area (Å²) < 4.78 is 0. The quantitative estimate of drug-likeness (QED) is 0.386. The summed E-state index contributed by atoms with van der Waals surface area (Å²) in [4.78, 5) is 0. The standard InChI is InChI=1S/C3H9N2O2/c1-4(6)3-5(2)7/h6H,3H2,1-2H3/q-1. The lowest BCUT2D eigenvalue weighted by Crippen LogP contribution is -2.25. The predicted octanol–water partition coefficient (Wildman–Crippen LogP) is -0.305. The van der Waals surface area contributed by atoms with Crippen LogP contribution in [0.4, 0.5) is 0 Å². The fourth-order valence-electron chi connectivity index (χ4n) is 0.288. The Morgan fingerprint density at radius 1 is 1.57 bits per heavy atom. The smallest absolute Gasteiger partial charge is 0.0635 e. The molecule has 0 aliphatic rings. The van der Waals surface area contributed by atoms with E-state index in [1.54, 1.807) is 0 Å². The molecule has 0 aliphatic carbocycles. The lowest BCUT2D eigenvalue weighted by molar-refractivity contribution is -0.0895. The monoisotopic (exact) mass is 105 g/mol. The van der Waals surface area contributed by atoms with Crippen molar-refractivity contribution < 1.29 is 5.21 Å². The first-order valence-electron chi connectivity index (χ1n) is 1.91. The van der Waals surface area contributed by atoms with E-state index in [-0.39, 0.29) is 6.67 Å². The van der Waals surface area contributed by atoms with Crippen molar-refractivity contribution >= 4 is 0 Å². The van der Waals surface area contributed by atoms with E-state index >= 15 is 0 Å². The molecule has 44 valence electrons. The van der Waals surface area contributed by atoms with Crippen LogP contribution in [0.25, 0.3) is 0 Å². The average molecular weight is 105 g/mol. The first-order chi connectivity index (χ1) is 3.13. The van der Waals surface area contributed by atoms with Gasteiger partial charge in [-0.25, -0.2) is 0 Å². The second kappa shape index (κ2) is 2.92. The van der Waals surface area contributed by atoms with Gasteiger partial charge in [-0.2, -0.15) is 5.06 Å². The molecule has 0 unspecified atom stereocenters. The third kappa shape index (κ3) is 5.84. The summed E-state index contributed by atoms with van der Waals surface area (Å²) in [5.41, 5.74) is 0. The SMILES string of the molecule is CN([O-])CN(C)O. The highest BCUT2D eigenvalue weighted by Gasteiger charge is 1.84. The van der Waals surface area contributed by atoms with E-state index in [0.29, 0.717) is 5.06 Å². The summed E-state index contributed by atoms with van der Waals surface area (Å²) in [5.74, 6) is 0. The Hall–Kier alpha value is -0.160. The van der Waals surface area contributed by atoms with Gasteiger partial charge in [-0.05, 0) is 7.05 Å². The molecule has 1 N–H and O–H groups in total. The zero-order chi connectivity index (χ0) is 5.86. The molecule has 0 amide bonds. The summed E-state index contributed by atoms with van der Waals surface area (Å²) in [5, 5.41) is 19.7. The van der Waals surface area contributed by atoms with Crippen LogP contribution in [0, 0.1) is 5.21 Å². The summed E-state index contributed by atoms with van der Waals surface area (Å²) in [6, 6.07) is 0. The van der Waals surface area contributed by atoms with Crippen LogP contribution in [0.1, 0.15) is 0 Å². The second-order valence-corrected chi connectivity index (χ2v) is 1.43. The van der Waals surface area contributed by atoms with Crippen molar-refractivity contribution in [2.45, 2.75) is 0 Å². The van der Waals surface area contributed by atoms with Gasteiger partial charge in [0.05, 0.1) is 6.67 Å². The van der Waals surface area contributed by atoms with Crippen LogP contribution < -0.4 is 0 Å². The molecule has 0 aromatic rings. The van der Waals surface area contributed by atoms with E-state index in [2.05, 4.69) is 0 Å². The predicted molar refractivity (Wildman–Crippen MR) is 25.5 cm³/mol. The summed E-state index contributed by atoms with van der Waals surface area (Å²) >= 11 is 0. The van der Waals surface area contributed by atoms with Gasteiger partial charge < -0.3 is 15.5 Å². The Morgan fingerprint density at radius 3 is 2.00 bits per heavy atom. The molecule has 0 fully saturated rings. The summed E-state index contributed by atoms with van der Waals surface area (Å²) in [6.07, 6.45) is 0. The van der Waals surface area contributed by atoms with E-state index in [0.717, 1.165) is 5.06 Å². The summed E-state index contributed by atoms with van der Waals surface area (Å²) in [7, 11) is 2.75. The highest BCUT2D eigenvalue weighted by atomic mass is 16.5. The maximum atomic E-state index is 9.97. The van der Waals surface area contributed by atoms with Crippen LogP contribution in [0.15, 0.2) is 0 Å². The lowest BCUT2D eigenvalue weighted by Gasteiger charge is -2.24. The zero-order valence-corrected chi connectivity index (χ0v) is 4.46. The van der Waals surface area contributed by atoms with Gasteiger partial charge in [0.15, 0.2) is 0 Å². The van der Waals surface area contributed by atoms with Gasteiger partial charge in [0.2, 0.25) is 0 Å². The number of hydrogen-bond donors (Lipinski definition) is 1. The van der Waals surface area contributed by atoms with Gasteiger partial charge in [-0.3, -0.25) is 0 Å². The Labute approximate surface area is 42.5 Å². The molecule has 0 aliphatic heterocycles. The largest absolute Gasteiger partial charge is 0.784 e. The van der Waals surface area contributed by atoms with Crippen LogP contribution in [0.5, 0.6) is 0 Å². The Morgan fingerprint density at radius 2 is 2.00 bits per heavy atom. The molecule has 4 nitrogen and oxygen atoms in total. The van der Waals surface area contributed by atoms with Gasteiger partial charge in [0.25, 0.3) is 0 Å². The van der Waals surface area contributed by atoms with Crippen molar-refractivity contribution in [3.63, 3.8) is 0 Å². The van der Waals surface area contributed by atoms with Crippen LogP contribution in [0.3, 0.4) is 0 Å². The van der Waals surface area contributed by atoms with Crippen LogP contribution in [-0.2, 0) is 0 Å². The molecule has 0 atom stereocenters. The normalized spacial score (nSPS) is 11.1. The minimum absolute atomic E-state index is 0.0278. The van der Waals surface area contributed by atoms with Gasteiger partial charge in [0, 0.05) is 7.05 Å². The van der Waals surface area contributed by atoms with Crippen molar-refractivity contribution in [3.8, 4) is 0 Å². The zero-order valence-electron chi connectivity index (χ0n) is 4.46. The molecule has 0 spiro atoms. The van der Waals surface area contributed by atoms with Crippen LogP contribution in [-0.4, -0.2) is 36.1 Å². The number of nitrogens with zero attached hydrogens (tertiary/aromatic N) is 2. The highest BCUT2D eigenvalue weighted by Crippen LogP contribution is 1.76. The van der Waals surface area contributed by atoms with Gasteiger partial charge >= 0.3 is 0 Å². The maximum absolute atomic E-state index is 9.97. The third-order valence-corrected chi connectivity index (χ3v) is 0.404. The van der Waals surface area contributed by atoms with E-state index in [1.165, 1.54) is 14.1 Å². The molecule has 0 heterocycles. The van der Waals surface area contributed by atoms with Crippen molar-refractivity contribution in [3.05, 3.63) is 5.21 Å². The van der Waals surface area contributed by atoms with Crippen LogP contribution >= 0.6 is 0 Å². The number of hydrogen-bond acceptors (Lipinski definition) is 4. The first-order valence-corrected chi connectivity index (χ1v) is 1.91. The molecular weight excluding hydrogens is 96.0 g/mol. The number of hydroxylamine groups is 4. The topological polar surface area (TPSA) is 49.8 Å². The molecule has 0 saturated carbocycles. The second-order valence-electron chi connectivity index (χ2n) is 1.43. The minimum atomic E-state index is 0.0278. The molecule has 7 heavy (non-hydrogen) atoms. The average Bonchev–Trinajstić information content (AvgIpc) is 1.27. The third-order valence-electron chi connectivity index (χ3n) is 0.404. The Balaban J connectivity index is 2.95. The molecule has 0 rings (SSSR count). The van der Waals surface area contributed by atoms with Crippen molar-refractivity contribution in [2.24, 2.45) is 0 Å². The first kappa shape index (κ1) is 6.84. The molecule has 0 aromatic heterocycles. The fraction of sp³-hybridized carbons (Fsp3) is 1.00. The Bertz CT molecular complexity index is 40.2. The van der Waals surface area contributed by atoms with E-state index in [9.17, 15) is 5.21 Å². The van der Waals surface area contributed by atoms with E-state index in [4.69, 9.17) is 5.21 Å². The molecule has 4 heteroatoms.